The molecule has 2 heteroatoms. The van der Waals surface area contributed by atoms with Gasteiger partial charge in [-0.2, -0.15) is 0 Å². The SMILES string of the molecule is CC(C)=CCCN(C)CCC1CC(C)(C)CN1. The van der Waals surface area contributed by atoms with Crippen LogP contribution in [0.3, 0.4) is 0 Å². The first-order valence-corrected chi connectivity index (χ1v) is 6.94. The lowest BCUT2D eigenvalue weighted by molar-refractivity contribution is 0.312. The van der Waals surface area contributed by atoms with Gasteiger partial charge < -0.3 is 10.2 Å². The quantitative estimate of drug-likeness (QED) is 0.716. The van der Waals surface area contributed by atoms with Crippen LogP contribution in [0.5, 0.6) is 0 Å². The molecule has 1 N–H and O–H groups in total. The van der Waals surface area contributed by atoms with Gasteiger partial charge in [0, 0.05) is 19.1 Å². The van der Waals surface area contributed by atoms with E-state index in [-0.39, 0.29) is 0 Å². The van der Waals surface area contributed by atoms with Crippen LogP contribution in [0.15, 0.2) is 11.6 Å². The number of allylic oxidation sites excluding steroid dienone is 1. The molecule has 2 nitrogen and oxygen atoms in total. The predicted octanol–water partition coefficient (Wildman–Crippen LogP) is 3.05. The van der Waals surface area contributed by atoms with Gasteiger partial charge >= 0.3 is 0 Å². The molecule has 0 aliphatic carbocycles. The molecule has 0 spiro atoms. The maximum Gasteiger partial charge on any atom is 0.00850 e. The van der Waals surface area contributed by atoms with Gasteiger partial charge in [0.05, 0.1) is 0 Å². The van der Waals surface area contributed by atoms with Crippen LogP contribution in [-0.4, -0.2) is 37.6 Å². The molecule has 17 heavy (non-hydrogen) atoms. The highest BCUT2D eigenvalue weighted by Gasteiger charge is 2.29. The minimum absolute atomic E-state index is 0.505. The molecule has 0 aromatic heterocycles. The Hall–Kier alpha value is -0.340. The molecule has 0 aromatic carbocycles. The van der Waals surface area contributed by atoms with E-state index in [1.54, 1.807) is 0 Å². The van der Waals surface area contributed by atoms with Crippen LogP contribution in [0.2, 0.25) is 0 Å². The van der Waals surface area contributed by atoms with Crippen molar-refractivity contribution in [1.29, 1.82) is 0 Å². The smallest absolute Gasteiger partial charge is 0.00850 e. The van der Waals surface area contributed by atoms with E-state index in [2.05, 4.69) is 51.0 Å². The number of nitrogens with zero attached hydrogens (tertiary/aromatic N) is 1. The van der Waals surface area contributed by atoms with Crippen LogP contribution >= 0.6 is 0 Å². The molecule has 100 valence electrons. The average molecular weight is 238 g/mol. The molecular weight excluding hydrogens is 208 g/mol. The van der Waals surface area contributed by atoms with Crippen molar-refractivity contribution in [3.8, 4) is 0 Å². The summed E-state index contributed by atoms with van der Waals surface area (Å²) >= 11 is 0. The molecule has 0 radical (unpaired) electrons. The van der Waals surface area contributed by atoms with E-state index in [4.69, 9.17) is 0 Å². The van der Waals surface area contributed by atoms with Crippen molar-refractivity contribution in [2.75, 3.05) is 26.7 Å². The summed E-state index contributed by atoms with van der Waals surface area (Å²) in [7, 11) is 2.24. The van der Waals surface area contributed by atoms with Gasteiger partial charge in [-0.1, -0.05) is 25.5 Å². The molecular formula is C15H30N2. The van der Waals surface area contributed by atoms with Crippen LogP contribution in [0.25, 0.3) is 0 Å². The third kappa shape index (κ3) is 6.23. The van der Waals surface area contributed by atoms with Gasteiger partial charge in [-0.3, -0.25) is 0 Å². The zero-order valence-corrected chi connectivity index (χ0v) is 12.3. The second-order valence-electron chi connectivity index (χ2n) is 6.61. The Labute approximate surface area is 107 Å². The summed E-state index contributed by atoms with van der Waals surface area (Å²) in [4.78, 5) is 2.45. The van der Waals surface area contributed by atoms with E-state index in [0.717, 1.165) is 6.04 Å². The lowest BCUT2D eigenvalue weighted by Gasteiger charge is -2.19. The first kappa shape index (κ1) is 14.7. The topological polar surface area (TPSA) is 15.3 Å². The van der Waals surface area contributed by atoms with Crippen molar-refractivity contribution < 1.29 is 0 Å². The van der Waals surface area contributed by atoms with Crippen molar-refractivity contribution in [2.24, 2.45) is 5.41 Å². The summed E-state index contributed by atoms with van der Waals surface area (Å²) < 4.78 is 0. The van der Waals surface area contributed by atoms with E-state index < -0.39 is 0 Å². The Kier molecular flexibility index (Phi) is 5.68. The van der Waals surface area contributed by atoms with Crippen LogP contribution in [0.1, 0.15) is 47.0 Å². The second-order valence-corrected chi connectivity index (χ2v) is 6.61. The van der Waals surface area contributed by atoms with Gasteiger partial charge in [-0.15, -0.1) is 0 Å². The zero-order valence-electron chi connectivity index (χ0n) is 12.3. The fourth-order valence-corrected chi connectivity index (χ4v) is 2.50. The van der Waals surface area contributed by atoms with Crippen molar-refractivity contribution in [1.82, 2.24) is 10.2 Å². The Bertz CT molecular complexity index is 252. The van der Waals surface area contributed by atoms with Crippen molar-refractivity contribution in [3.63, 3.8) is 0 Å². The fraction of sp³-hybridized carbons (Fsp3) is 0.867. The molecule has 0 aromatic rings. The van der Waals surface area contributed by atoms with Crippen LogP contribution in [-0.2, 0) is 0 Å². The van der Waals surface area contributed by atoms with Crippen molar-refractivity contribution in [2.45, 2.75) is 53.0 Å². The zero-order chi connectivity index (χ0) is 12.9. The van der Waals surface area contributed by atoms with Crippen LogP contribution in [0, 0.1) is 5.41 Å². The van der Waals surface area contributed by atoms with Gasteiger partial charge in [-0.25, -0.2) is 0 Å². The molecule has 0 bridgehead atoms. The first-order chi connectivity index (χ1) is 7.89. The molecule has 1 saturated heterocycles. The van der Waals surface area contributed by atoms with Gasteiger partial charge in [0.15, 0.2) is 0 Å². The Morgan fingerprint density at radius 3 is 2.59 bits per heavy atom. The van der Waals surface area contributed by atoms with E-state index >= 15 is 0 Å². The monoisotopic (exact) mass is 238 g/mol. The molecule has 1 aliphatic rings. The molecule has 1 rings (SSSR count). The van der Waals surface area contributed by atoms with E-state index in [1.165, 1.54) is 44.5 Å². The summed E-state index contributed by atoms with van der Waals surface area (Å²) in [6.07, 6.45) is 6.12. The maximum absolute atomic E-state index is 3.64. The molecule has 0 saturated carbocycles. The third-order valence-electron chi connectivity index (χ3n) is 3.59. The maximum atomic E-state index is 3.64. The lowest BCUT2D eigenvalue weighted by atomic mass is 9.90. The van der Waals surface area contributed by atoms with Crippen LogP contribution < -0.4 is 5.32 Å². The minimum atomic E-state index is 0.505. The third-order valence-corrected chi connectivity index (χ3v) is 3.59. The van der Waals surface area contributed by atoms with Gasteiger partial charge in [0.25, 0.3) is 0 Å². The van der Waals surface area contributed by atoms with E-state index in [9.17, 15) is 0 Å². The summed E-state index contributed by atoms with van der Waals surface area (Å²) in [6, 6.07) is 0.732. The fourth-order valence-electron chi connectivity index (χ4n) is 2.50. The van der Waals surface area contributed by atoms with E-state index in [0.29, 0.717) is 5.41 Å². The van der Waals surface area contributed by atoms with Crippen LogP contribution in [0.4, 0.5) is 0 Å². The Morgan fingerprint density at radius 2 is 2.06 bits per heavy atom. The van der Waals surface area contributed by atoms with Gasteiger partial charge in [0.2, 0.25) is 0 Å². The summed E-state index contributed by atoms with van der Waals surface area (Å²) in [6.45, 7) is 12.6. The highest BCUT2D eigenvalue weighted by Crippen LogP contribution is 2.28. The molecule has 1 unspecified atom stereocenters. The highest BCUT2D eigenvalue weighted by atomic mass is 15.1. The van der Waals surface area contributed by atoms with E-state index in [1.807, 2.05) is 0 Å². The molecule has 1 aliphatic heterocycles. The summed E-state index contributed by atoms with van der Waals surface area (Å²) in [5.74, 6) is 0. The largest absolute Gasteiger partial charge is 0.313 e. The standard InChI is InChI=1S/C15H30N2/c1-13(2)7-6-9-17(5)10-8-14-11-15(3,4)12-16-14/h7,14,16H,6,8-12H2,1-5H3. The molecule has 1 fully saturated rings. The average Bonchev–Trinajstić information content (AvgIpc) is 2.55. The Balaban J connectivity index is 2.12. The first-order valence-electron chi connectivity index (χ1n) is 6.94. The van der Waals surface area contributed by atoms with Gasteiger partial charge in [0.1, 0.15) is 0 Å². The highest BCUT2D eigenvalue weighted by molar-refractivity contribution is 4.93. The number of rotatable bonds is 6. The second kappa shape index (κ2) is 6.55. The molecule has 1 atom stereocenters. The summed E-state index contributed by atoms with van der Waals surface area (Å²) in [5.41, 5.74) is 1.93. The summed E-state index contributed by atoms with van der Waals surface area (Å²) in [5, 5.41) is 3.64. The minimum Gasteiger partial charge on any atom is -0.313 e. The number of nitrogens with one attached hydrogen (secondary N) is 1. The van der Waals surface area contributed by atoms with Gasteiger partial charge in [-0.05, 0) is 52.1 Å². The molecule has 0 amide bonds. The number of hydrogen-bond donors (Lipinski definition) is 1. The Morgan fingerprint density at radius 1 is 1.35 bits per heavy atom. The lowest BCUT2D eigenvalue weighted by Crippen LogP contribution is -2.28. The predicted molar refractivity (Wildman–Crippen MR) is 76.4 cm³/mol. The number of hydrogen-bond acceptors (Lipinski definition) is 2. The van der Waals surface area contributed by atoms with Crippen molar-refractivity contribution in [3.05, 3.63) is 11.6 Å². The molecule has 1 heterocycles. The van der Waals surface area contributed by atoms with Crippen molar-refractivity contribution >= 4 is 0 Å². The normalized spacial score (nSPS) is 23.1.